The van der Waals surface area contributed by atoms with E-state index < -0.39 is 0 Å². The van der Waals surface area contributed by atoms with Gasteiger partial charge in [0.2, 0.25) is 0 Å². The second-order valence-electron chi connectivity index (χ2n) is 4.27. The van der Waals surface area contributed by atoms with E-state index in [1.54, 1.807) is 12.1 Å². The van der Waals surface area contributed by atoms with E-state index >= 15 is 0 Å². The van der Waals surface area contributed by atoms with Crippen LogP contribution in [0.1, 0.15) is 0 Å². The Balaban J connectivity index is 0.000000131. The first kappa shape index (κ1) is 13.6. The number of nitro groups is 1. The van der Waals surface area contributed by atoms with Crippen molar-refractivity contribution in [1.82, 2.24) is 10.2 Å². The number of aromatic nitrogens is 2. The van der Waals surface area contributed by atoms with Gasteiger partial charge in [-0.2, -0.15) is 5.10 Å². The molecule has 1 N–H and O–H groups in total. The maximum Gasteiger partial charge on any atom is 0.277 e. The van der Waals surface area contributed by atoms with Crippen molar-refractivity contribution in [2.75, 3.05) is 0 Å². The topological polar surface area (TPSA) is 71.8 Å². The molecule has 1 aromatic carbocycles. The Morgan fingerprint density at radius 1 is 1.19 bits per heavy atom. The number of nitrogens with zero attached hydrogens (tertiary/aromatic N) is 2. The maximum atomic E-state index is 10.0. The monoisotopic (exact) mass is 315 g/mol. The van der Waals surface area contributed by atoms with Gasteiger partial charge >= 0.3 is 0 Å². The fourth-order valence-corrected chi connectivity index (χ4v) is 2.75. The van der Waals surface area contributed by atoms with Gasteiger partial charge < -0.3 is 0 Å². The Hall–Kier alpha value is -2.38. The molecule has 1 heterocycles. The van der Waals surface area contributed by atoms with Crippen molar-refractivity contribution >= 4 is 29.2 Å². The van der Waals surface area contributed by atoms with Crippen molar-refractivity contribution < 1.29 is 4.92 Å². The van der Waals surface area contributed by atoms with Crippen LogP contribution in [0.15, 0.2) is 48.5 Å². The SMILES string of the molecule is O=[N+]([O-])c1cc2ccc1=2.S=c1[nH]nc(-c2ccccc2)s1. The molecule has 0 saturated heterocycles. The molecule has 0 fully saturated rings. The Morgan fingerprint density at radius 3 is 2.33 bits per heavy atom. The molecule has 0 unspecified atom stereocenters. The fourth-order valence-electron chi connectivity index (χ4n) is 1.85. The summed E-state index contributed by atoms with van der Waals surface area (Å²) in [4.78, 5) is 9.68. The summed E-state index contributed by atoms with van der Waals surface area (Å²) in [6.07, 6.45) is 0. The number of hydrogen-bond acceptors (Lipinski definition) is 5. The van der Waals surface area contributed by atoms with E-state index in [4.69, 9.17) is 12.2 Å². The highest BCUT2D eigenvalue weighted by molar-refractivity contribution is 7.73. The van der Waals surface area contributed by atoms with Gasteiger partial charge in [-0.3, -0.25) is 15.2 Å². The smallest absolute Gasteiger partial charge is 0.258 e. The minimum absolute atomic E-state index is 0.257. The first-order valence-electron chi connectivity index (χ1n) is 6.05. The van der Waals surface area contributed by atoms with Gasteiger partial charge in [-0.25, -0.2) is 0 Å². The van der Waals surface area contributed by atoms with Crippen LogP contribution in [0, 0.1) is 24.5 Å². The summed E-state index contributed by atoms with van der Waals surface area (Å²) in [7, 11) is 0. The summed E-state index contributed by atoms with van der Waals surface area (Å²) >= 11 is 6.42. The summed E-state index contributed by atoms with van der Waals surface area (Å²) in [5, 5.41) is 19.6. The third-order valence-corrected chi connectivity index (χ3v) is 4.10. The third kappa shape index (κ3) is 2.74. The quantitative estimate of drug-likeness (QED) is 0.344. The van der Waals surface area contributed by atoms with Gasteiger partial charge in [0.1, 0.15) is 5.01 Å². The summed E-state index contributed by atoms with van der Waals surface area (Å²) in [6, 6.07) is 15.2. The van der Waals surface area contributed by atoms with Crippen LogP contribution in [-0.2, 0) is 0 Å². The first-order valence-corrected chi connectivity index (χ1v) is 7.27. The van der Waals surface area contributed by atoms with Crippen LogP contribution in [0.2, 0.25) is 0 Å². The fraction of sp³-hybridized carbons (Fsp3) is 0. The average molecular weight is 315 g/mol. The molecule has 0 atom stereocenters. The molecule has 0 aliphatic heterocycles. The maximum absolute atomic E-state index is 10.0. The van der Waals surface area contributed by atoms with Crippen molar-refractivity contribution in [2.45, 2.75) is 0 Å². The highest BCUT2D eigenvalue weighted by Crippen LogP contribution is 2.23. The van der Waals surface area contributed by atoms with E-state index in [1.165, 1.54) is 11.3 Å². The average Bonchev–Trinajstić information content (AvgIpc) is 2.90. The molecule has 4 rings (SSSR count). The van der Waals surface area contributed by atoms with Gasteiger partial charge in [-0.05, 0) is 23.5 Å². The van der Waals surface area contributed by atoms with Crippen LogP contribution >= 0.6 is 23.6 Å². The number of hydrogen-bond donors (Lipinski definition) is 1. The van der Waals surface area contributed by atoms with Crippen LogP contribution in [0.3, 0.4) is 0 Å². The molecule has 0 spiro atoms. The van der Waals surface area contributed by atoms with Crippen molar-refractivity contribution in [2.24, 2.45) is 0 Å². The van der Waals surface area contributed by atoms with Gasteiger partial charge in [0.25, 0.3) is 5.69 Å². The zero-order valence-electron chi connectivity index (χ0n) is 10.6. The highest BCUT2D eigenvalue weighted by atomic mass is 32.1. The molecule has 0 amide bonds. The molecule has 2 aliphatic carbocycles. The molecule has 21 heavy (non-hydrogen) atoms. The Kier molecular flexibility index (Phi) is 3.59. The number of aromatic amines is 1. The lowest BCUT2D eigenvalue weighted by atomic mass is 10.1. The van der Waals surface area contributed by atoms with Gasteiger partial charge in [0, 0.05) is 11.6 Å². The predicted octanol–water partition coefficient (Wildman–Crippen LogP) is 4.06. The minimum Gasteiger partial charge on any atom is -0.258 e. The molecule has 0 bridgehead atoms. The van der Waals surface area contributed by atoms with Crippen molar-refractivity contribution in [1.29, 1.82) is 0 Å². The zero-order chi connectivity index (χ0) is 14.8. The van der Waals surface area contributed by atoms with Gasteiger partial charge in [0.15, 0.2) is 3.95 Å². The zero-order valence-corrected chi connectivity index (χ0v) is 12.3. The van der Waals surface area contributed by atoms with Crippen molar-refractivity contribution in [3.05, 3.63) is 73.0 Å². The van der Waals surface area contributed by atoms with E-state index in [-0.39, 0.29) is 10.6 Å². The molecule has 2 aromatic rings. The van der Waals surface area contributed by atoms with Crippen molar-refractivity contribution in [3.8, 4) is 10.6 Å². The molecule has 5 nitrogen and oxygen atoms in total. The third-order valence-electron chi connectivity index (χ3n) is 2.96. The van der Waals surface area contributed by atoms with Gasteiger partial charge in [0.05, 0.1) is 10.1 Å². The molecule has 2 aliphatic rings. The standard InChI is InChI=1S/C8H6N2S2.C6H3NO2/c11-8-10-9-7(12-8)6-4-2-1-3-5-6;8-7(9)6-3-4-1-2-5(4)6/h1-5H,(H,10,11);1-3H. The van der Waals surface area contributed by atoms with Crippen LogP contribution < -0.4 is 0 Å². The second-order valence-corrected chi connectivity index (χ2v) is 5.94. The lowest BCUT2D eigenvalue weighted by molar-refractivity contribution is -0.386. The number of benzene rings is 2. The Morgan fingerprint density at radius 2 is 1.95 bits per heavy atom. The largest absolute Gasteiger partial charge is 0.277 e. The Labute approximate surface area is 128 Å². The lowest BCUT2D eigenvalue weighted by Crippen LogP contribution is -1.96. The van der Waals surface area contributed by atoms with Crippen LogP contribution in [0.4, 0.5) is 5.69 Å². The Bertz CT molecular complexity index is 948. The van der Waals surface area contributed by atoms with Crippen LogP contribution in [0.5, 0.6) is 0 Å². The number of rotatable bonds is 2. The molecule has 0 saturated carbocycles. The molecular weight excluding hydrogens is 306 g/mol. The van der Waals surface area contributed by atoms with E-state index in [2.05, 4.69) is 10.2 Å². The molecule has 7 heteroatoms. The molecule has 0 radical (unpaired) electrons. The number of nitrogens with one attached hydrogen (secondary N) is 1. The normalized spacial score (nSPS) is 10.5. The van der Waals surface area contributed by atoms with E-state index in [0.717, 1.165) is 21.0 Å². The molecule has 1 aromatic heterocycles. The first-order chi connectivity index (χ1) is 10.1. The van der Waals surface area contributed by atoms with Crippen LogP contribution in [-0.4, -0.2) is 15.1 Å². The highest BCUT2D eigenvalue weighted by Gasteiger charge is 2.15. The molecular formula is C14H9N3O2S2. The summed E-state index contributed by atoms with van der Waals surface area (Å²) in [5.41, 5.74) is 1.36. The second kappa shape index (κ2) is 5.55. The van der Waals surface area contributed by atoms with E-state index in [1.807, 2.05) is 36.4 Å². The number of H-pyrrole nitrogens is 1. The number of non-ortho nitro benzene ring substituents is 1. The van der Waals surface area contributed by atoms with E-state index in [9.17, 15) is 10.1 Å². The van der Waals surface area contributed by atoms with Crippen molar-refractivity contribution in [3.63, 3.8) is 0 Å². The summed E-state index contributed by atoms with van der Waals surface area (Å²) < 4.78 is 0.717. The lowest BCUT2D eigenvalue weighted by Gasteiger charge is -2.01. The summed E-state index contributed by atoms with van der Waals surface area (Å²) in [6.45, 7) is 0. The van der Waals surface area contributed by atoms with Gasteiger partial charge in [-0.15, -0.1) is 0 Å². The predicted molar refractivity (Wildman–Crippen MR) is 83.5 cm³/mol. The molecule has 104 valence electrons. The van der Waals surface area contributed by atoms with Crippen LogP contribution in [0.25, 0.3) is 10.6 Å². The summed E-state index contributed by atoms with van der Waals surface area (Å²) in [5.74, 6) is 0. The minimum atomic E-state index is -0.359. The number of nitro benzene ring substituents is 1. The van der Waals surface area contributed by atoms with E-state index in [0.29, 0.717) is 3.95 Å². The van der Waals surface area contributed by atoms with Gasteiger partial charge in [-0.1, -0.05) is 47.7 Å².